The number of carbonyl (C=O) groups is 2. The average Bonchev–Trinajstić information content (AvgIpc) is 2.50. The molecule has 0 radical (unpaired) electrons. The van der Waals surface area contributed by atoms with Crippen molar-refractivity contribution in [3.8, 4) is 5.75 Å². The van der Waals surface area contributed by atoms with Crippen molar-refractivity contribution in [3.05, 3.63) is 29.8 Å². The molecule has 0 heterocycles. The van der Waals surface area contributed by atoms with E-state index in [9.17, 15) is 9.59 Å². The van der Waals surface area contributed by atoms with E-state index in [-0.39, 0.29) is 12.3 Å². The smallest absolute Gasteiger partial charge is 0.330 e. The van der Waals surface area contributed by atoms with Gasteiger partial charge in [-0.05, 0) is 24.1 Å². The van der Waals surface area contributed by atoms with Crippen molar-refractivity contribution in [3.63, 3.8) is 0 Å². The molecule has 6 heteroatoms. The molecule has 0 saturated heterocycles. The monoisotopic (exact) mass is 281 g/mol. The summed E-state index contributed by atoms with van der Waals surface area (Å²) in [6.45, 7) is -0.485. The number of methoxy groups -OCH3 is 2. The van der Waals surface area contributed by atoms with Crippen LogP contribution in [0.1, 0.15) is 12.0 Å². The number of rotatable bonds is 7. The van der Waals surface area contributed by atoms with Crippen LogP contribution in [0.5, 0.6) is 5.75 Å². The van der Waals surface area contributed by atoms with E-state index in [1.54, 1.807) is 7.11 Å². The zero-order valence-electron chi connectivity index (χ0n) is 11.6. The van der Waals surface area contributed by atoms with E-state index < -0.39 is 18.6 Å². The van der Waals surface area contributed by atoms with Gasteiger partial charge in [0.15, 0.2) is 6.04 Å². The molecule has 1 aromatic carbocycles. The highest BCUT2D eigenvalue weighted by Crippen LogP contribution is 2.12. The van der Waals surface area contributed by atoms with E-state index in [1.165, 1.54) is 7.11 Å². The molecule has 1 unspecified atom stereocenters. The lowest BCUT2D eigenvalue weighted by Crippen LogP contribution is -2.44. The Hall–Kier alpha value is -2.08. The highest BCUT2D eigenvalue weighted by Gasteiger charge is 2.19. The van der Waals surface area contributed by atoms with E-state index in [1.807, 2.05) is 24.3 Å². The van der Waals surface area contributed by atoms with Gasteiger partial charge in [0.1, 0.15) is 5.75 Å². The summed E-state index contributed by atoms with van der Waals surface area (Å²) in [6, 6.07) is 6.37. The molecular weight excluding hydrogens is 262 g/mol. The largest absolute Gasteiger partial charge is 0.497 e. The summed E-state index contributed by atoms with van der Waals surface area (Å²) in [6.07, 6.45) is 0.759. The topological polar surface area (TPSA) is 84.9 Å². The van der Waals surface area contributed by atoms with Crippen molar-refractivity contribution in [1.29, 1.82) is 0 Å². The normalized spacial score (nSPS) is 11.6. The van der Waals surface area contributed by atoms with Crippen LogP contribution in [0, 0.1) is 0 Å². The molecule has 1 aromatic rings. The number of hydrogen-bond acceptors (Lipinski definition) is 5. The molecule has 1 atom stereocenters. The Morgan fingerprint density at radius 1 is 1.25 bits per heavy atom. The van der Waals surface area contributed by atoms with Crippen LogP contribution < -0.4 is 10.1 Å². The fraction of sp³-hybridized carbons (Fsp3) is 0.429. The Labute approximate surface area is 117 Å². The average molecular weight is 281 g/mol. The predicted octanol–water partition coefficient (Wildman–Crippen LogP) is 0.278. The highest BCUT2D eigenvalue weighted by molar-refractivity contribution is 5.84. The first-order valence-corrected chi connectivity index (χ1v) is 6.21. The minimum atomic E-state index is -1.01. The van der Waals surface area contributed by atoms with Gasteiger partial charge >= 0.3 is 5.97 Å². The second-order valence-electron chi connectivity index (χ2n) is 4.17. The van der Waals surface area contributed by atoms with Crippen LogP contribution in [0.3, 0.4) is 0 Å². The summed E-state index contributed by atoms with van der Waals surface area (Å²) < 4.78 is 9.51. The van der Waals surface area contributed by atoms with Gasteiger partial charge in [0.25, 0.3) is 0 Å². The Morgan fingerprint density at radius 2 is 1.90 bits per heavy atom. The van der Waals surface area contributed by atoms with E-state index in [4.69, 9.17) is 9.84 Å². The van der Waals surface area contributed by atoms with E-state index >= 15 is 0 Å². The van der Waals surface area contributed by atoms with E-state index in [2.05, 4.69) is 10.1 Å². The molecule has 0 aliphatic carbocycles. The molecule has 20 heavy (non-hydrogen) atoms. The first-order valence-electron chi connectivity index (χ1n) is 6.21. The molecule has 2 N–H and O–H groups in total. The molecule has 1 amide bonds. The Kier molecular flexibility index (Phi) is 6.52. The number of ether oxygens (including phenoxy) is 2. The molecule has 0 saturated carbocycles. The van der Waals surface area contributed by atoms with Gasteiger partial charge in [0, 0.05) is 6.42 Å². The summed E-state index contributed by atoms with van der Waals surface area (Å²) in [4.78, 5) is 22.9. The fourth-order valence-corrected chi connectivity index (χ4v) is 1.64. The SMILES string of the molecule is COC(=O)C(CO)NC(=O)CCc1ccc(OC)cc1. The molecule has 0 aromatic heterocycles. The van der Waals surface area contributed by atoms with Crippen molar-refractivity contribution >= 4 is 11.9 Å². The third-order valence-corrected chi connectivity index (χ3v) is 2.80. The van der Waals surface area contributed by atoms with Crippen molar-refractivity contribution in [2.45, 2.75) is 18.9 Å². The van der Waals surface area contributed by atoms with Crippen LogP contribution in [-0.4, -0.2) is 43.9 Å². The third-order valence-electron chi connectivity index (χ3n) is 2.80. The molecule has 0 spiro atoms. The number of aliphatic hydroxyl groups excluding tert-OH is 1. The number of aryl methyl sites for hydroxylation is 1. The number of aliphatic hydroxyl groups is 1. The number of hydrogen-bond donors (Lipinski definition) is 2. The zero-order chi connectivity index (χ0) is 15.0. The zero-order valence-corrected chi connectivity index (χ0v) is 11.6. The molecule has 110 valence electrons. The van der Waals surface area contributed by atoms with Gasteiger partial charge in [-0.25, -0.2) is 4.79 Å². The van der Waals surface area contributed by atoms with Gasteiger partial charge in [-0.2, -0.15) is 0 Å². The Morgan fingerprint density at radius 3 is 2.40 bits per heavy atom. The molecule has 0 aliphatic rings. The third kappa shape index (κ3) is 4.89. The minimum absolute atomic E-state index is 0.222. The standard InChI is InChI=1S/C14H19NO5/c1-19-11-6-3-10(4-7-11)5-8-13(17)15-12(9-16)14(18)20-2/h3-4,6-7,12,16H,5,8-9H2,1-2H3,(H,15,17). The van der Waals surface area contributed by atoms with Crippen molar-refractivity contribution in [2.24, 2.45) is 0 Å². The molecule has 6 nitrogen and oxygen atoms in total. The van der Waals surface area contributed by atoms with E-state index in [0.717, 1.165) is 11.3 Å². The second-order valence-corrected chi connectivity index (χ2v) is 4.17. The van der Waals surface area contributed by atoms with Crippen LogP contribution >= 0.6 is 0 Å². The van der Waals surface area contributed by atoms with E-state index in [0.29, 0.717) is 6.42 Å². The summed E-state index contributed by atoms with van der Waals surface area (Å²) >= 11 is 0. The number of benzene rings is 1. The maximum absolute atomic E-state index is 11.7. The van der Waals surface area contributed by atoms with Crippen molar-refractivity contribution in [1.82, 2.24) is 5.32 Å². The van der Waals surface area contributed by atoms with Crippen LogP contribution in [0.15, 0.2) is 24.3 Å². The van der Waals surface area contributed by atoms with Crippen LogP contribution in [0.25, 0.3) is 0 Å². The number of nitrogens with one attached hydrogen (secondary N) is 1. The first kappa shape index (κ1) is 16.0. The summed E-state index contributed by atoms with van der Waals surface area (Å²) in [5.41, 5.74) is 0.986. The minimum Gasteiger partial charge on any atom is -0.497 e. The van der Waals surface area contributed by atoms with Gasteiger partial charge in [0.2, 0.25) is 5.91 Å². The quantitative estimate of drug-likeness (QED) is 0.701. The maximum Gasteiger partial charge on any atom is 0.330 e. The second kappa shape index (κ2) is 8.16. The summed E-state index contributed by atoms with van der Waals surface area (Å²) in [5, 5.41) is 11.4. The Balaban J connectivity index is 2.43. The van der Waals surface area contributed by atoms with Crippen LogP contribution in [-0.2, 0) is 20.7 Å². The molecule has 0 aliphatic heterocycles. The van der Waals surface area contributed by atoms with Gasteiger partial charge in [-0.15, -0.1) is 0 Å². The maximum atomic E-state index is 11.7. The van der Waals surface area contributed by atoms with Crippen LogP contribution in [0.4, 0.5) is 0 Å². The summed E-state index contributed by atoms with van der Waals surface area (Å²) in [5.74, 6) is -0.222. The number of esters is 1. The lowest BCUT2D eigenvalue weighted by Gasteiger charge is -2.13. The molecular formula is C14H19NO5. The van der Waals surface area contributed by atoms with Crippen molar-refractivity contribution in [2.75, 3.05) is 20.8 Å². The molecule has 0 fully saturated rings. The first-order chi connectivity index (χ1) is 9.60. The van der Waals surface area contributed by atoms with Crippen molar-refractivity contribution < 1.29 is 24.2 Å². The fourth-order valence-electron chi connectivity index (χ4n) is 1.64. The van der Waals surface area contributed by atoms with Crippen LogP contribution in [0.2, 0.25) is 0 Å². The number of carbonyl (C=O) groups excluding carboxylic acids is 2. The molecule has 1 rings (SSSR count). The van der Waals surface area contributed by atoms with Gasteiger partial charge < -0.3 is 19.9 Å². The van der Waals surface area contributed by atoms with Gasteiger partial charge in [-0.3, -0.25) is 4.79 Å². The lowest BCUT2D eigenvalue weighted by molar-refractivity contribution is -0.146. The summed E-state index contributed by atoms with van der Waals surface area (Å²) in [7, 11) is 2.79. The lowest BCUT2D eigenvalue weighted by atomic mass is 10.1. The Bertz CT molecular complexity index is 443. The highest BCUT2D eigenvalue weighted by atomic mass is 16.5. The predicted molar refractivity (Wildman–Crippen MR) is 72.3 cm³/mol. The van der Waals surface area contributed by atoms with Gasteiger partial charge in [0.05, 0.1) is 20.8 Å². The molecule has 0 bridgehead atoms. The van der Waals surface area contributed by atoms with Gasteiger partial charge in [-0.1, -0.05) is 12.1 Å². The number of amides is 1.